The van der Waals surface area contributed by atoms with E-state index < -0.39 is 37.3 Å². The van der Waals surface area contributed by atoms with Crippen molar-refractivity contribution < 1.29 is 30.3 Å². The van der Waals surface area contributed by atoms with E-state index in [1.54, 1.807) is 0 Å². The van der Waals surface area contributed by atoms with E-state index in [-0.39, 0.29) is 30.9 Å². The fourth-order valence-electron chi connectivity index (χ4n) is 3.45. The van der Waals surface area contributed by atoms with Gasteiger partial charge in [0, 0.05) is 19.1 Å². The van der Waals surface area contributed by atoms with Crippen molar-refractivity contribution in [1.82, 2.24) is 5.32 Å². The monoisotopic (exact) mass is 347 g/mol. The lowest BCUT2D eigenvalue weighted by molar-refractivity contribution is -0.136. The van der Waals surface area contributed by atoms with Crippen LogP contribution < -0.4 is 5.32 Å². The molecule has 0 spiro atoms. The minimum atomic E-state index is -1.17. The fourth-order valence-corrected chi connectivity index (χ4v) is 3.45. The minimum Gasteiger partial charge on any atom is -0.396 e. The highest BCUT2D eigenvalue weighted by Gasteiger charge is 2.41. The molecule has 0 aromatic rings. The molecule has 7 nitrogen and oxygen atoms in total. The van der Waals surface area contributed by atoms with E-state index in [4.69, 9.17) is 0 Å². The normalized spacial score (nSPS) is 27.9. The van der Waals surface area contributed by atoms with Crippen molar-refractivity contribution in [3.8, 4) is 0 Å². The minimum absolute atomic E-state index is 0.0678. The van der Waals surface area contributed by atoms with Gasteiger partial charge in [0.2, 0.25) is 5.91 Å². The Morgan fingerprint density at radius 3 is 2.25 bits per heavy atom. The SMILES string of the molecule is CCCCC1CCC(C(=O)NCC(CO)(CO)CO)C(O)C1CO. The third-order valence-electron chi connectivity index (χ3n) is 5.42. The molecule has 0 heterocycles. The fraction of sp³-hybridized carbons (Fsp3) is 0.941. The number of unbranched alkanes of at least 4 members (excludes halogenated alkanes) is 1. The van der Waals surface area contributed by atoms with Gasteiger partial charge >= 0.3 is 0 Å². The predicted molar refractivity (Wildman–Crippen MR) is 89.0 cm³/mol. The first-order valence-corrected chi connectivity index (χ1v) is 8.87. The van der Waals surface area contributed by atoms with Gasteiger partial charge in [-0.2, -0.15) is 0 Å². The summed E-state index contributed by atoms with van der Waals surface area (Å²) in [6.45, 7) is 0.525. The summed E-state index contributed by atoms with van der Waals surface area (Å²) < 4.78 is 0. The van der Waals surface area contributed by atoms with Gasteiger partial charge in [0.25, 0.3) is 0 Å². The van der Waals surface area contributed by atoms with Gasteiger partial charge in [0.15, 0.2) is 0 Å². The molecular formula is C17H33NO6. The van der Waals surface area contributed by atoms with Crippen LogP contribution in [0.15, 0.2) is 0 Å². The summed E-state index contributed by atoms with van der Waals surface area (Å²) in [7, 11) is 0. The van der Waals surface area contributed by atoms with Crippen molar-refractivity contribution in [2.24, 2.45) is 23.2 Å². The molecule has 4 unspecified atom stereocenters. The molecule has 1 amide bonds. The maximum atomic E-state index is 12.4. The highest BCUT2D eigenvalue weighted by Crippen LogP contribution is 2.37. The molecule has 0 saturated heterocycles. The first kappa shape index (κ1) is 21.3. The van der Waals surface area contributed by atoms with E-state index in [1.165, 1.54) is 0 Å². The molecule has 1 aliphatic carbocycles. The third kappa shape index (κ3) is 5.13. The summed E-state index contributed by atoms with van der Waals surface area (Å²) in [4.78, 5) is 12.4. The number of hydrogen-bond donors (Lipinski definition) is 6. The average molecular weight is 347 g/mol. The quantitative estimate of drug-likeness (QED) is 0.308. The summed E-state index contributed by atoms with van der Waals surface area (Å²) in [5, 5.41) is 50.6. The van der Waals surface area contributed by atoms with Crippen molar-refractivity contribution in [2.45, 2.75) is 45.1 Å². The molecule has 0 aromatic heterocycles. The number of nitrogens with one attached hydrogen (secondary N) is 1. The van der Waals surface area contributed by atoms with Crippen LogP contribution in [0.1, 0.15) is 39.0 Å². The van der Waals surface area contributed by atoms with Crippen LogP contribution in [-0.4, -0.2) is 70.5 Å². The van der Waals surface area contributed by atoms with E-state index in [2.05, 4.69) is 12.2 Å². The van der Waals surface area contributed by atoms with Crippen LogP contribution in [0.3, 0.4) is 0 Å². The molecule has 24 heavy (non-hydrogen) atoms. The highest BCUT2D eigenvalue weighted by molar-refractivity contribution is 5.79. The summed E-state index contributed by atoms with van der Waals surface area (Å²) in [6, 6.07) is 0. The van der Waals surface area contributed by atoms with Gasteiger partial charge in [-0.15, -0.1) is 0 Å². The van der Waals surface area contributed by atoms with E-state index in [0.717, 1.165) is 25.7 Å². The van der Waals surface area contributed by atoms with Crippen LogP contribution in [0, 0.1) is 23.2 Å². The number of aliphatic hydroxyl groups excluding tert-OH is 5. The Balaban J connectivity index is 2.65. The number of hydrogen-bond acceptors (Lipinski definition) is 6. The maximum Gasteiger partial charge on any atom is 0.225 e. The first-order chi connectivity index (χ1) is 11.5. The number of rotatable bonds is 10. The largest absolute Gasteiger partial charge is 0.396 e. The van der Waals surface area contributed by atoms with E-state index in [9.17, 15) is 30.3 Å². The van der Waals surface area contributed by atoms with E-state index >= 15 is 0 Å². The zero-order chi connectivity index (χ0) is 18.2. The van der Waals surface area contributed by atoms with Crippen molar-refractivity contribution >= 4 is 5.91 Å². The van der Waals surface area contributed by atoms with Crippen molar-refractivity contribution in [3.05, 3.63) is 0 Å². The van der Waals surface area contributed by atoms with Crippen molar-refractivity contribution in [1.29, 1.82) is 0 Å². The molecule has 1 rings (SSSR count). The van der Waals surface area contributed by atoms with Gasteiger partial charge in [-0.25, -0.2) is 0 Å². The number of carbonyl (C=O) groups is 1. The van der Waals surface area contributed by atoms with E-state index in [0.29, 0.717) is 6.42 Å². The topological polar surface area (TPSA) is 130 Å². The van der Waals surface area contributed by atoms with Crippen LogP contribution in [0.2, 0.25) is 0 Å². The Morgan fingerprint density at radius 1 is 1.12 bits per heavy atom. The van der Waals surface area contributed by atoms with Gasteiger partial charge in [-0.1, -0.05) is 26.2 Å². The molecule has 4 atom stereocenters. The second-order valence-corrected chi connectivity index (χ2v) is 7.12. The molecule has 7 heteroatoms. The van der Waals surface area contributed by atoms with Crippen LogP contribution in [-0.2, 0) is 4.79 Å². The Morgan fingerprint density at radius 2 is 1.75 bits per heavy atom. The number of aliphatic hydroxyl groups is 5. The Kier molecular flexibility index (Phi) is 9.15. The molecule has 0 radical (unpaired) electrons. The molecule has 142 valence electrons. The molecule has 0 aliphatic heterocycles. The molecule has 6 N–H and O–H groups in total. The Labute approximate surface area is 143 Å². The first-order valence-electron chi connectivity index (χ1n) is 8.87. The lowest BCUT2D eigenvalue weighted by Gasteiger charge is -2.39. The average Bonchev–Trinajstić information content (AvgIpc) is 2.61. The predicted octanol–water partition coefficient (Wildman–Crippen LogP) is -0.748. The summed E-state index contributed by atoms with van der Waals surface area (Å²) in [6.07, 6.45) is 3.46. The Hall–Kier alpha value is -0.730. The zero-order valence-electron chi connectivity index (χ0n) is 14.5. The van der Waals surface area contributed by atoms with Crippen LogP contribution >= 0.6 is 0 Å². The smallest absolute Gasteiger partial charge is 0.225 e. The maximum absolute atomic E-state index is 12.4. The van der Waals surface area contributed by atoms with Gasteiger partial charge < -0.3 is 30.8 Å². The van der Waals surface area contributed by atoms with Gasteiger partial charge in [-0.05, 0) is 18.8 Å². The van der Waals surface area contributed by atoms with Gasteiger partial charge in [-0.3, -0.25) is 4.79 Å². The van der Waals surface area contributed by atoms with Crippen LogP contribution in [0.25, 0.3) is 0 Å². The lowest BCUT2D eigenvalue weighted by Crippen LogP contribution is -2.51. The second kappa shape index (κ2) is 10.3. The van der Waals surface area contributed by atoms with E-state index in [1.807, 2.05) is 0 Å². The molecule has 1 aliphatic rings. The van der Waals surface area contributed by atoms with Crippen LogP contribution in [0.4, 0.5) is 0 Å². The standard InChI is InChI=1S/C17H33NO6/c1-2-3-4-12-5-6-13(15(23)14(12)7-19)16(24)18-8-17(9-20,10-21)11-22/h12-15,19-23H,2-11H2,1H3,(H,18,24). The summed E-state index contributed by atoms with van der Waals surface area (Å²) >= 11 is 0. The lowest BCUT2D eigenvalue weighted by atomic mass is 9.70. The van der Waals surface area contributed by atoms with Crippen molar-refractivity contribution in [2.75, 3.05) is 33.0 Å². The van der Waals surface area contributed by atoms with Gasteiger partial charge in [0.05, 0.1) is 37.3 Å². The summed E-state index contributed by atoms with van der Waals surface area (Å²) in [5.41, 5.74) is -1.17. The molecular weight excluding hydrogens is 314 g/mol. The zero-order valence-corrected chi connectivity index (χ0v) is 14.5. The Bertz CT molecular complexity index is 366. The van der Waals surface area contributed by atoms with Crippen molar-refractivity contribution in [3.63, 3.8) is 0 Å². The molecule has 0 aromatic carbocycles. The van der Waals surface area contributed by atoms with Crippen LogP contribution in [0.5, 0.6) is 0 Å². The highest BCUT2D eigenvalue weighted by atomic mass is 16.3. The second-order valence-electron chi connectivity index (χ2n) is 7.12. The third-order valence-corrected chi connectivity index (χ3v) is 5.42. The molecule has 1 saturated carbocycles. The summed E-state index contributed by atoms with van der Waals surface area (Å²) in [5.74, 6) is -1.07. The van der Waals surface area contributed by atoms with Gasteiger partial charge in [0.1, 0.15) is 0 Å². The molecule has 0 bridgehead atoms. The number of amides is 1. The number of carbonyl (C=O) groups excluding carboxylic acids is 1. The molecule has 1 fully saturated rings.